The van der Waals surface area contributed by atoms with Crippen LogP contribution in [0.5, 0.6) is 0 Å². The van der Waals surface area contributed by atoms with E-state index in [0.717, 1.165) is 33.3 Å². The van der Waals surface area contributed by atoms with Gasteiger partial charge in [0.15, 0.2) is 0 Å². The molecule has 0 aromatic heterocycles. The fourth-order valence-corrected chi connectivity index (χ4v) is 2.42. The molecule has 0 bridgehead atoms. The van der Waals surface area contributed by atoms with E-state index >= 15 is 0 Å². The summed E-state index contributed by atoms with van der Waals surface area (Å²) in [6.07, 6.45) is 0.570. The fraction of sp³-hybridized carbons (Fsp3) is 0.538. The summed E-state index contributed by atoms with van der Waals surface area (Å²) in [6.45, 7) is 6.29. The van der Waals surface area contributed by atoms with Crippen LogP contribution in [0.4, 0.5) is 0 Å². The van der Waals surface area contributed by atoms with E-state index in [1.165, 1.54) is 5.56 Å². The number of hydrogen-bond donors (Lipinski definition) is 0. The van der Waals surface area contributed by atoms with Crippen LogP contribution in [0.25, 0.3) is 0 Å². The molecule has 1 atom stereocenters. The van der Waals surface area contributed by atoms with Crippen LogP contribution in [-0.4, -0.2) is 49.1 Å². The Hall–Kier alpha value is -0.995. The van der Waals surface area contributed by atoms with Gasteiger partial charge in [0.25, 0.3) is 0 Å². The molecule has 0 spiro atoms. The molecule has 0 saturated carbocycles. The first-order chi connectivity index (χ1) is 8.29. The van der Waals surface area contributed by atoms with Gasteiger partial charge >= 0.3 is 103 Å². The third-order valence-corrected chi connectivity index (χ3v) is 3.41. The Morgan fingerprint density at radius 2 is 2.06 bits per heavy atom. The van der Waals surface area contributed by atoms with Crippen LogP contribution in [0.15, 0.2) is 30.3 Å². The van der Waals surface area contributed by atoms with Crippen LogP contribution >= 0.6 is 0 Å². The second-order valence-corrected chi connectivity index (χ2v) is 4.73. The quantitative estimate of drug-likeness (QED) is 0.726. The molecule has 1 aliphatic heterocycles. The van der Waals surface area contributed by atoms with Gasteiger partial charge in [0.1, 0.15) is 0 Å². The average Bonchev–Trinajstić information content (AvgIpc) is 2.34. The molecule has 1 heterocycles. The second-order valence-electron chi connectivity index (χ2n) is 4.73. The maximum absolute atomic E-state index is 10.5. The molecule has 17 heavy (non-hydrogen) atoms. The van der Waals surface area contributed by atoms with Gasteiger partial charge in [-0.2, -0.15) is 0 Å². The first kappa shape index (κ1) is 12.5. The summed E-state index contributed by atoms with van der Waals surface area (Å²) < 4.78 is 10.5. The predicted octanol–water partition coefficient (Wildman–Crippen LogP) is 1.20. The van der Waals surface area contributed by atoms with E-state index in [0.29, 0.717) is 12.5 Å². The number of hydrogen-bond acceptors (Lipinski definition) is 3. The molecule has 1 aliphatic rings. The molecule has 2 rings (SSSR count). The van der Waals surface area contributed by atoms with Crippen molar-refractivity contribution in [2.75, 3.05) is 26.1 Å². The molecule has 90 valence electrons. The molecular weight excluding hydrogens is 211 g/mol. The Balaban J connectivity index is 1.87. The second kappa shape index (κ2) is 6.08. The van der Waals surface area contributed by atoms with Crippen molar-refractivity contribution < 1.29 is 4.70 Å². The molecule has 1 aromatic carbocycles. The SMILES string of the molecule is CC1CN(Cc2ccccc2)CCN1CB=O. The standard InChI is InChI=1S/C13H19BN2O/c1-12-9-15(7-8-16(12)11-14-17)10-13-5-3-2-4-6-13/h2-6,12H,7-11H2,1H3. The molecule has 3 nitrogen and oxygen atoms in total. The number of nitrogens with zero attached hydrogens (tertiary/aromatic N) is 2. The van der Waals surface area contributed by atoms with E-state index in [2.05, 4.69) is 41.0 Å². The van der Waals surface area contributed by atoms with Gasteiger partial charge < -0.3 is 0 Å². The number of rotatable bonds is 4. The molecule has 1 unspecified atom stereocenters. The summed E-state index contributed by atoms with van der Waals surface area (Å²) >= 11 is 0. The first-order valence-corrected chi connectivity index (χ1v) is 6.23. The van der Waals surface area contributed by atoms with Crippen molar-refractivity contribution in [3.8, 4) is 0 Å². The van der Waals surface area contributed by atoms with Crippen LogP contribution < -0.4 is 0 Å². The van der Waals surface area contributed by atoms with E-state index in [-0.39, 0.29) is 0 Å². The summed E-state index contributed by atoms with van der Waals surface area (Å²) in [6, 6.07) is 11.0. The van der Waals surface area contributed by atoms with Gasteiger partial charge in [0.05, 0.1) is 0 Å². The van der Waals surface area contributed by atoms with Gasteiger partial charge in [-0.05, 0) is 0 Å². The van der Waals surface area contributed by atoms with Crippen LogP contribution in [0.2, 0.25) is 0 Å². The number of benzene rings is 1. The minimum absolute atomic E-state index is 0.470. The average molecular weight is 230 g/mol. The molecule has 1 fully saturated rings. The van der Waals surface area contributed by atoms with Crippen molar-refractivity contribution in [2.45, 2.75) is 19.5 Å². The summed E-state index contributed by atoms with van der Waals surface area (Å²) in [7, 11) is 1.00. The zero-order chi connectivity index (χ0) is 12.1. The van der Waals surface area contributed by atoms with Gasteiger partial charge in [0, 0.05) is 0 Å². The van der Waals surface area contributed by atoms with Crippen LogP contribution in [0, 0.1) is 0 Å². The van der Waals surface area contributed by atoms with Crippen LogP contribution in [0.3, 0.4) is 0 Å². The fourth-order valence-electron chi connectivity index (χ4n) is 2.42. The molecular formula is C13H19BN2O. The van der Waals surface area contributed by atoms with Gasteiger partial charge in [-0.3, -0.25) is 0 Å². The van der Waals surface area contributed by atoms with Crippen LogP contribution in [0.1, 0.15) is 12.5 Å². The van der Waals surface area contributed by atoms with Crippen molar-refractivity contribution in [2.24, 2.45) is 0 Å². The Morgan fingerprint density at radius 1 is 1.29 bits per heavy atom. The molecule has 1 aromatic rings. The van der Waals surface area contributed by atoms with Crippen molar-refractivity contribution >= 4 is 7.15 Å². The van der Waals surface area contributed by atoms with Crippen molar-refractivity contribution in [1.82, 2.24) is 9.80 Å². The molecule has 0 N–H and O–H groups in total. The molecule has 0 radical (unpaired) electrons. The third kappa shape index (κ3) is 3.48. The first-order valence-electron chi connectivity index (χ1n) is 6.23. The zero-order valence-corrected chi connectivity index (χ0v) is 10.4. The van der Waals surface area contributed by atoms with E-state index in [4.69, 9.17) is 0 Å². The Labute approximate surface area is 104 Å². The van der Waals surface area contributed by atoms with E-state index in [1.54, 1.807) is 0 Å². The van der Waals surface area contributed by atoms with E-state index < -0.39 is 0 Å². The van der Waals surface area contributed by atoms with Gasteiger partial charge in [-0.25, -0.2) is 0 Å². The predicted molar refractivity (Wildman–Crippen MR) is 69.2 cm³/mol. The maximum atomic E-state index is 10.5. The normalized spacial score (nSPS) is 22.3. The number of piperazine rings is 1. The molecule has 0 amide bonds. The van der Waals surface area contributed by atoms with Gasteiger partial charge in [-0.1, -0.05) is 0 Å². The van der Waals surface area contributed by atoms with Crippen molar-refractivity contribution in [1.29, 1.82) is 0 Å². The van der Waals surface area contributed by atoms with Gasteiger partial charge in [0.2, 0.25) is 0 Å². The minimum atomic E-state index is 0.470. The molecule has 4 heteroatoms. The Morgan fingerprint density at radius 3 is 2.71 bits per heavy atom. The molecule has 1 saturated heterocycles. The van der Waals surface area contributed by atoms with Crippen molar-refractivity contribution in [3.63, 3.8) is 0 Å². The van der Waals surface area contributed by atoms with Crippen molar-refractivity contribution in [3.05, 3.63) is 35.9 Å². The van der Waals surface area contributed by atoms with Gasteiger partial charge in [-0.15, -0.1) is 0 Å². The summed E-state index contributed by atoms with van der Waals surface area (Å²) in [5, 5.41) is 0. The Bertz CT molecular complexity index is 358. The van der Waals surface area contributed by atoms with E-state index in [1.807, 2.05) is 6.07 Å². The topological polar surface area (TPSA) is 23.6 Å². The summed E-state index contributed by atoms with van der Waals surface area (Å²) in [5.41, 5.74) is 1.36. The molecule has 0 aliphatic carbocycles. The zero-order valence-electron chi connectivity index (χ0n) is 10.4. The Kier molecular flexibility index (Phi) is 4.46. The summed E-state index contributed by atoms with van der Waals surface area (Å²) in [4.78, 5) is 4.70. The third-order valence-electron chi connectivity index (χ3n) is 3.41. The monoisotopic (exact) mass is 230 g/mol. The van der Waals surface area contributed by atoms with Crippen LogP contribution in [-0.2, 0) is 11.2 Å². The summed E-state index contributed by atoms with van der Waals surface area (Å²) in [5.74, 6) is 0. The van der Waals surface area contributed by atoms with E-state index in [9.17, 15) is 4.70 Å².